The Balaban J connectivity index is 3.65. The Bertz CT molecular complexity index is 214. The number of aliphatic hydroxyl groups excluding tert-OH is 1. The molecule has 0 saturated carbocycles. The summed E-state index contributed by atoms with van der Waals surface area (Å²) in [6.45, 7) is 4.20. The van der Waals surface area contributed by atoms with Crippen molar-refractivity contribution >= 4 is 11.9 Å². The summed E-state index contributed by atoms with van der Waals surface area (Å²) >= 11 is 0. The smallest absolute Gasteiger partial charge is 0.335 e. The molecule has 94 valence electrons. The van der Waals surface area contributed by atoms with Crippen LogP contribution in [0, 0.1) is 0 Å². The predicted molar refractivity (Wildman–Crippen MR) is 57.7 cm³/mol. The van der Waals surface area contributed by atoms with Crippen molar-refractivity contribution < 1.29 is 24.2 Å². The van der Waals surface area contributed by atoms with Crippen LogP contribution in [0.5, 0.6) is 0 Å². The maximum Gasteiger partial charge on any atom is 0.335 e. The molecule has 0 aromatic heterocycles. The molecule has 0 aliphatic heterocycles. The second-order valence-corrected chi connectivity index (χ2v) is 3.40. The van der Waals surface area contributed by atoms with Gasteiger partial charge in [0.25, 0.3) is 0 Å². The topological polar surface area (TPSA) is 72.8 Å². The molecule has 16 heavy (non-hydrogen) atoms. The zero-order valence-electron chi connectivity index (χ0n) is 9.90. The molecular weight excluding hydrogens is 212 g/mol. The largest absolute Gasteiger partial charge is 0.466 e. The summed E-state index contributed by atoms with van der Waals surface area (Å²) in [6.07, 6.45) is 1.08. The standard InChI is InChI=1S/C11H20O5/c1-3-5-6-7-16-10(13)8-9(12)11(14)15-4-2/h9,12H,3-8H2,1-2H3. The number of rotatable bonds is 8. The highest BCUT2D eigenvalue weighted by atomic mass is 16.6. The lowest BCUT2D eigenvalue weighted by Gasteiger charge is -2.09. The van der Waals surface area contributed by atoms with Crippen LogP contribution in [-0.2, 0) is 19.1 Å². The predicted octanol–water partition coefficient (Wildman–Crippen LogP) is 1.03. The van der Waals surface area contributed by atoms with Crippen LogP contribution in [0.4, 0.5) is 0 Å². The van der Waals surface area contributed by atoms with E-state index in [9.17, 15) is 14.7 Å². The lowest BCUT2D eigenvalue weighted by Crippen LogP contribution is -2.27. The Kier molecular flexibility index (Phi) is 8.52. The lowest BCUT2D eigenvalue weighted by atomic mass is 10.2. The molecule has 0 aliphatic carbocycles. The molecule has 0 aromatic rings. The molecule has 1 atom stereocenters. The van der Waals surface area contributed by atoms with E-state index in [1.165, 1.54) is 0 Å². The van der Waals surface area contributed by atoms with E-state index >= 15 is 0 Å². The van der Waals surface area contributed by atoms with E-state index in [1.54, 1.807) is 6.92 Å². The third-order valence-electron chi connectivity index (χ3n) is 1.93. The summed E-state index contributed by atoms with van der Waals surface area (Å²) in [5.41, 5.74) is 0. The van der Waals surface area contributed by atoms with Crippen molar-refractivity contribution in [2.75, 3.05) is 13.2 Å². The van der Waals surface area contributed by atoms with Gasteiger partial charge in [-0.3, -0.25) is 4.79 Å². The van der Waals surface area contributed by atoms with Crippen molar-refractivity contribution in [1.29, 1.82) is 0 Å². The molecule has 0 saturated heterocycles. The monoisotopic (exact) mass is 232 g/mol. The molecule has 0 heterocycles. The van der Waals surface area contributed by atoms with Crippen molar-refractivity contribution in [2.45, 2.75) is 45.6 Å². The zero-order chi connectivity index (χ0) is 12.4. The van der Waals surface area contributed by atoms with E-state index < -0.39 is 18.0 Å². The molecule has 0 bridgehead atoms. The van der Waals surface area contributed by atoms with E-state index in [-0.39, 0.29) is 13.0 Å². The second kappa shape index (κ2) is 9.15. The quantitative estimate of drug-likeness (QED) is 0.500. The third-order valence-corrected chi connectivity index (χ3v) is 1.93. The maximum atomic E-state index is 11.1. The molecular formula is C11H20O5. The minimum absolute atomic E-state index is 0.182. The van der Waals surface area contributed by atoms with Crippen LogP contribution < -0.4 is 0 Å². The Labute approximate surface area is 95.7 Å². The van der Waals surface area contributed by atoms with Crippen molar-refractivity contribution in [2.24, 2.45) is 0 Å². The van der Waals surface area contributed by atoms with Crippen molar-refractivity contribution in [1.82, 2.24) is 0 Å². The first kappa shape index (κ1) is 14.9. The normalized spacial score (nSPS) is 11.9. The van der Waals surface area contributed by atoms with Crippen LogP contribution in [0.25, 0.3) is 0 Å². The number of unbranched alkanes of at least 4 members (excludes halogenated alkanes) is 2. The number of carbonyl (C=O) groups is 2. The summed E-state index contributed by atoms with van der Waals surface area (Å²) in [5, 5.41) is 9.25. The fourth-order valence-electron chi connectivity index (χ4n) is 1.08. The minimum atomic E-state index is -1.42. The molecule has 1 unspecified atom stereocenters. The van der Waals surface area contributed by atoms with E-state index in [0.717, 1.165) is 19.3 Å². The van der Waals surface area contributed by atoms with Crippen LogP contribution in [0.1, 0.15) is 39.5 Å². The fourth-order valence-corrected chi connectivity index (χ4v) is 1.08. The first-order chi connectivity index (χ1) is 7.61. The number of hydrogen-bond donors (Lipinski definition) is 1. The number of carbonyl (C=O) groups excluding carboxylic acids is 2. The summed E-state index contributed by atoms with van der Waals surface area (Å²) in [4.78, 5) is 22.1. The van der Waals surface area contributed by atoms with Gasteiger partial charge in [0, 0.05) is 0 Å². The lowest BCUT2D eigenvalue weighted by molar-refractivity contribution is -0.159. The van der Waals surface area contributed by atoms with Gasteiger partial charge in [0.15, 0.2) is 6.10 Å². The molecule has 5 nitrogen and oxygen atoms in total. The molecule has 0 aromatic carbocycles. The number of esters is 2. The Morgan fingerprint density at radius 1 is 1.19 bits per heavy atom. The van der Waals surface area contributed by atoms with Gasteiger partial charge < -0.3 is 14.6 Å². The van der Waals surface area contributed by atoms with Gasteiger partial charge in [0.1, 0.15) is 0 Å². The van der Waals surface area contributed by atoms with Crippen LogP contribution in [0.15, 0.2) is 0 Å². The second-order valence-electron chi connectivity index (χ2n) is 3.40. The highest BCUT2D eigenvalue weighted by molar-refractivity contribution is 5.81. The Hall–Kier alpha value is -1.10. The third kappa shape index (κ3) is 7.23. The van der Waals surface area contributed by atoms with Gasteiger partial charge in [-0.2, -0.15) is 0 Å². The van der Waals surface area contributed by atoms with Crippen molar-refractivity contribution in [3.05, 3.63) is 0 Å². The number of hydrogen-bond acceptors (Lipinski definition) is 5. The van der Waals surface area contributed by atoms with Gasteiger partial charge in [-0.05, 0) is 13.3 Å². The molecule has 0 spiro atoms. The van der Waals surface area contributed by atoms with E-state index in [2.05, 4.69) is 4.74 Å². The van der Waals surface area contributed by atoms with Crippen LogP contribution in [0.2, 0.25) is 0 Å². The van der Waals surface area contributed by atoms with Gasteiger partial charge >= 0.3 is 11.9 Å². The summed E-state index contributed by atoms with van der Waals surface area (Å²) in [5.74, 6) is -1.36. The molecule has 0 aliphatic rings. The highest BCUT2D eigenvalue weighted by Crippen LogP contribution is 2.00. The highest BCUT2D eigenvalue weighted by Gasteiger charge is 2.20. The molecule has 0 amide bonds. The molecule has 1 N–H and O–H groups in total. The zero-order valence-corrected chi connectivity index (χ0v) is 9.90. The SMILES string of the molecule is CCCCCOC(=O)CC(O)C(=O)OCC. The van der Waals surface area contributed by atoms with Crippen molar-refractivity contribution in [3.63, 3.8) is 0 Å². The van der Waals surface area contributed by atoms with Gasteiger partial charge in [0.2, 0.25) is 0 Å². The summed E-state index contributed by atoms with van der Waals surface area (Å²) in [6, 6.07) is 0. The van der Waals surface area contributed by atoms with Gasteiger partial charge in [-0.15, -0.1) is 0 Å². The molecule has 5 heteroatoms. The van der Waals surface area contributed by atoms with Gasteiger partial charge in [-0.25, -0.2) is 4.79 Å². The van der Waals surface area contributed by atoms with Crippen LogP contribution >= 0.6 is 0 Å². The first-order valence-electron chi connectivity index (χ1n) is 5.62. The molecule has 0 rings (SSSR count). The molecule has 0 radical (unpaired) electrons. The van der Waals surface area contributed by atoms with Gasteiger partial charge in [0.05, 0.1) is 19.6 Å². The Morgan fingerprint density at radius 2 is 1.88 bits per heavy atom. The van der Waals surface area contributed by atoms with E-state index in [0.29, 0.717) is 6.61 Å². The van der Waals surface area contributed by atoms with Crippen LogP contribution in [-0.4, -0.2) is 36.4 Å². The Morgan fingerprint density at radius 3 is 2.44 bits per heavy atom. The maximum absolute atomic E-state index is 11.1. The summed E-state index contributed by atoms with van der Waals surface area (Å²) in [7, 11) is 0. The molecule has 0 fully saturated rings. The van der Waals surface area contributed by atoms with Crippen LogP contribution in [0.3, 0.4) is 0 Å². The number of aliphatic hydroxyl groups is 1. The summed E-state index contributed by atoms with van der Waals surface area (Å²) < 4.78 is 9.39. The minimum Gasteiger partial charge on any atom is -0.466 e. The van der Waals surface area contributed by atoms with E-state index in [4.69, 9.17) is 4.74 Å². The average molecular weight is 232 g/mol. The van der Waals surface area contributed by atoms with E-state index in [1.807, 2.05) is 6.92 Å². The number of ether oxygens (including phenoxy) is 2. The fraction of sp³-hybridized carbons (Fsp3) is 0.818. The van der Waals surface area contributed by atoms with Gasteiger partial charge in [-0.1, -0.05) is 19.8 Å². The van der Waals surface area contributed by atoms with Crippen molar-refractivity contribution in [3.8, 4) is 0 Å². The average Bonchev–Trinajstić information content (AvgIpc) is 2.24. The first-order valence-corrected chi connectivity index (χ1v) is 5.62.